The highest BCUT2D eigenvalue weighted by atomic mass is 15.3. The van der Waals surface area contributed by atoms with Crippen molar-refractivity contribution in [3.05, 3.63) is 12.7 Å². The third kappa shape index (κ3) is 2.68. The molecule has 1 aromatic heterocycles. The van der Waals surface area contributed by atoms with E-state index in [4.69, 9.17) is 0 Å². The predicted octanol–water partition coefficient (Wildman–Crippen LogP) is 1.93. The topological polar surface area (TPSA) is 34.0 Å². The fourth-order valence-electron chi connectivity index (χ4n) is 3.41. The van der Waals surface area contributed by atoms with E-state index in [-0.39, 0.29) is 0 Å². The smallest absolute Gasteiger partial charge is 0.137 e. The Morgan fingerprint density at radius 3 is 2.71 bits per heavy atom. The summed E-state index contributed by atoms with van der Waals surface area (Å²) in [6.07, 6.45) is 12.0. The molecule has 1 aromatic rings. The molecule has 2 fully saturated rings. The third-order valence-corrected chi connectivity index (χ3v) is 4.33. The third-order valence-electron chi connectivity index (χ3n) is 4.33. The van der Waals surface area contributed by atoms with Gasteiger partial charge in [-0.2, -0.15) is 5.10 Å². The predicted molar refractivity (Wildman–Crippen MR) is 66.6 cm³/mol. The van der Waals surface area contributed by atoms with Crippen LogP contribution in [-0.4, -0.2) is 38.8 Å². The van der Waals surface area contributed by atoms with E-state index in [0.717, 1.165) is 12.5 Å². The summed E-state index contributed by atoms with van der Waals surface area (Å²) in [5.41, 5.74) is 0. The number of aromatic nitrogens is 3. The second-order valence-corrected chi connectivity index (χ2v) is 5.56. The lowest BCUT2D eigenvalue weighted by atomic mass is 10.1. The van der Waals surface area contributed by atoms with Crippen LogP contribution < -0.4 is 0 Å². The Morgan fingerprint density at radius 1 is 1.06 bits per heavy atom. The SMILES string of the molecule is c1ncn(C[C@@H]2CCCN2CC2CCCC2)n1. The van der Waals surface area contributed by atoms with Gasteiger partial charge < -0.3 is 0 Å². The van der Waals surface area contributed by atoms with Crippen molar-refractivity contribution in [1.29, 1.82) is 0 Å². The highest BCUT2D eigenvalue weighted by Crippen LogP contribution is 2.28. The molecule has 4 heteroatoms. The first-order valence-electron chi connectivity index (χ1n) is 6.98. The van der Waals surface area contributed by atoms with Gasteiger partial charge in [0.05, 0.1) is 6.54 Å². The van der Waals surface area contributed by atoms with Crippen LogP contribution in [-0.2, 0) is 6.54 Å². The van der Waals surface area contributed by atoms with Crippen molar-refractivity contribution in [2.24, 2.45) is 5.92 Å². The second-order valence-electron chi connectivity index (χ2n) is 5.56. The van der Waals surface area contributed by atoms with Crippen molar-refractivity contribution in [2.75, 3.05) is 13.1 Å². The maximum absolute atomic E-state index is 4.22. The minimum absolute atomic E-state index is 0.692. The van der Waals surface area contributed by atoms with Gasteiger partial charge in [-0.3, -0.25) is 9.58 Å². The standard InChI is InChI=1S/C13H22N4/c1-2-5-12(4-1)8-16-7-3-6-13(16)9-17-11-14-10-15-17/h10-13H,1-9H2/t13-/m0/s1. The maximum Gasteiger partial charge on any atom is 0.137 e. The quantitative estimate of drug-likeness (QED) is 0.798. The number of hydrogen-bond donors (Lipinski definition) is 0. The second kappa shape index (κ2) is 5.17. The summed E-state index contributed by atoms with van der Waals surface area (Å²) in [5.74, 6) is 0.964. The molecule has 1 saturated heterocycles. The van der Waals surface area contributed by atoms with E-state index in [0.29, 0.717) is 6.04 Å². The molecule has 17 heavy (non-hydrogen) atoms. The van der Waals surface area contributed by atoms with Gasteiger partial charge in [-0.1, -0.05) is 12.8 Å². The number of hydrogen-bond acceptors (Lipinski definition) is 3. The molecule has 3 rings (SSSR count). The van der Waals surface area contributed by atoms with Gasteiger partial charge in [0.1, 0.15) is 12.7 Å². The van der Waals surface area contributed by atoms with E-state index < -0.39 is 0 Å². The fraction of sp³-hybridized carbons (Fsp3) is 0.846. The molecule has 0 N–H and O–H groups in total. The van der Waals surface area contributed by atoms with Gasteiger partial charge in [-0.05, 0) is 38.1 Å². The molecule has 0 bridgehead atoms. The average Bonchev–Trinajstić information content (AvgIpc) is 3.04. The normalized spacial score (nSPS) is 26.9. The molecule has 0 unspecified atom stereocenters. The molecule has 1 atom stereocenters. The fourth-order valence-corrected chi connectivity index (χ4v) is 3.41. The van der Waals surface area contributed by atoms with E-state index in [1.165, 1.54) is 51.6 Å². The Balaban J connectivity index is 1.55. The molecule has 0 aromatic carbocycles. The van der Waals surface area contributed by atoms with Gasteiger partial charge in [-0.15, -0.1) is 0 Å². The molecule has 0 amide bonds. The Bertz CT molecular complexity index is 329. The molecule has 1 saturated carbocycles. The van der Waals surface area contributed by atoms with E-state index in [1.807, 2.05) is 11.0 Å². The molecule has 2 heterocycles. The average molecular weight is 234 g/mol. The van der Waals surface area contributed by atoms with Crippen molar-refractivity contribution in [2.45, 2.75) is 51.1 Å². The van der Waals surface area contributed by atoms with Gasteiger partial charge in [0, 0.05) is 12.6 Å². The van der Waals surface area contributed by atoms with E-state index in [1.54, 1.807) is 6.33 Å². The van der Waals surface area contributed by atoms with Gasteiger partial charge in [-0.25, -0.2) is 4.98 Å². The summed E-state index contributed by atoms with van der Waals surface area (Å²) in [6, 6.07) is 0.692. The minimum atomic E-state index is 0.692. The van der Waals surface area contributed by atoms with Crippen molar-refractivity contribution < 1.29 is 0 Å². The lowest BCUT2D eigenvalue weighted by Gasteiger charge is -2.27. The van der Waals surface area contributed by atoms with Crippen LogP contribution in [0.1, 0.15) is 38.5 Å². The zero-order valence-corrected chi connectivity index (χ0v) is 10.5. The van der Waals surface area contributed by atoms with Gasteiger partial charge in [0.25, 0.3) is 0 Å². The zero-order chi connectivity index (χ0) is 11.5. The molecular formula is C13H22N4. The molecule has 0 radical (unpaired) electrons. The maximum atomic E-state index is 4.22. The Morgan fingerprint density at radius 2 is 1.94 bits per heavy atom. The van der Waals surface area contributed by atoms with E-state index in [2.05, 4.69) is 15.0 Å². The zero-order valence-electron chi connectivity index (χ0n) is 10.5. The van der Waals surface area contributed by atoms with Gasteiger partial charge in [0.15, 0.2) is 0 Å². The summed E-state index contributed by atoms with van der Waals surface area (Å²) < 4.78 is 1.98. The first-order chi connectivity index (χ1) is 8.42. The monoisotopic (exact) mass is 234 g/mol. The first kappa shape index (κ1) is 11.2. The summed E-state index contributed by atoms with van der Waals surface area (Å²) in [4.78, 5) is 6.72. The van der Waals surface area contributed by atoms with E-state index >= 15 is 0 Å². The molecule has 94 valence electrons. The van der Waals surface area contributed by atoms with Crippen molar-refractivity contribution >= 4 is 0 Å². The summed E-state index contributed by atoms with van der Waals surface area (Å²) in [7, 11) is 0. The van der Waals surface area contributed by atoms with Crippen molar-refractivity contribution in [3.63, 3.8) is 0 Å². The highest BCUT2D eigenvalue weighted by Gasteiger charge is 2.28. The van der Waals surface area contributed by atoms with Crippen molar-refractivity contribution in [3.8, 4) is 0 Å². The molecule has 2 aliphatic rings. The summed E-state index contributed by atoms with van der Waals surface area (Å²) in [5, 5.41) is 4.22. The van der Waals surface area contributed by atoms with Crippen LogP contribution in [0.2, 0.25) is 0 Å². The van der Waals surface area contributed by atoms with Crippen molar-refractivity contribution in [1.82, 2.24) is 19.7 Å². The van der Waals surface area contributed by atoms with Gasteiger partial charge >= 0.3 is 0 Å². The van der Waals surface area contributed by atoms with Crippen LogP contribution in [0, 0.1) is 5.92 Å². The summed E-state index contributed by atoms with van der Waals surface area (Å²) >= 11 is 0. The molecule has 1 aliphatic heterocycles. The first-order valence-corrected chi connectivity index (χ1v) is 6.98. The van der Waals surface area contributed by atoms with Crippen LogP contribution >= 0.6 is 0 Å². The van der Waals surface area contributed by atoms with Gasteiger partial charge in [0.2, 0.25) is 0 Å². The highest BCUT2D eigenvalue weighted by molar-refractivity contribution is 4.82. The molecular weight excluding hydrogens is 212 g/mol. The largest absolute Gasteiger partial charge is 0.298 e. The Labute approximate surface area is 103 Å². The molecule has 1 aliphatic carbocycles. The molecule has 4 nitrogen and oxygen atoms in total. The van der Waals surface area contributed by atoms with Crippen LogP contribution in [0.15, 0.2) is 12.7 Å². The molecule has 0 spiro atoms. The van der Waals surface area contributed by atoms with Crippen LogP contribution in [0.25, 0.3) is 0 Å². The van der Waals surface area contributed by atoms with Crippen LogP contribution in [0.3, 0.4) is 0 Å². The number of likely N-dealkylation sites (tertiary alicyclic amines) is 1. The Kier molecular flexibility index (Phi) is 3.41. The lowest BCUT2D eigenvalue weighted by molar-refractivity contribution is 0.195. The number of nitrogens with zero attached hydrogens (tertiary/aromatic N) is 4. The summed E-state index contributed by atoms with van der Waals surface area (Å²) in [6.45, 7) is 3.63. The Hall–Kier alpha value is -0.900. The van der Waals surface area contributed by atoms with E-state index in [9.17, 15) is 0 Å². The number of rotatable bonds is 4. The van der Waals surface area contributed by atoms with Crippen LogP contribution in [0.4, 0.5) is 0 Å². The lowest BCUT2D eigenvalue weighted by Crippen LogP contribution is -2.36. The minimum Gasteiger partial charge on any atom is -0.298 e. The van der Waals surface area contributed by atoms with Crippen LogP contribution in [0.5, 0.6) is 0 Å².